The van der Waals surface area contributed by atoms with Crippen LogP contribution in [-0.4, -0.2) is 39.5 Å². The Hall–Kier alpha value is -1.95. The van der Waals surface area contributed by atoms with Crippen LogP contribution >= 0.6 is 0 Å². The summed E-state index contributed by atoms with van der Waals surface area (Å²) in [6.07, 6.45) is 4.57. The van der Waals surface area contributed by atoms with Crippen LogP contribution in [0.3, 0.4) is 0 Å². The summed E-state index contributed by atoms with van der Waals surface area (Å²) in [5, 5.41) is 21.3. The number of fused-ring (bicyclic) bond motifs is 1. The molecule has 2 fully saturated rings. The van der Waals surface area contributed by atoms with Gasteiger partial charge in [-0.1, -0.05) is 12.8 Å². The molecular formula is C16H20N2O4. The average molecular weight is 304 g/mol. The van der Waals surface area contributed by atoms with Crippen LogP contribution in [0.2, 0.25) is 0 Å². The largest absolute Gasteiger partial charge is 0.389 e. The van der Waals surface area contributed by atoms with Gasteiger partial charge in [0.2, 0.25) is 0 Å². The summed E-state index contributed by atoms with van der Waals surface area (Å²) < 4.78 is 0. The van der Waals surface area contributed by atoms with Gasteiger partial charge in [0.25, 0.3) is 11.6 Å². The van der Waals surface area contributed by atoms with E-state index in [1.165, 1.54) is 24.3 Å². The molecule has 0 aromatic heterocycles. The fourth-order valence-electron chi connectivity index (χ4n) is 3.66. The number of non-ortho nitro benzene ring substituents is 1. The number of amides is 1. The lowest BCUT2D eigenvalue weighted by molar-refractivity contribution is -0.384. The molecule has 0 spiro atoms. The Kier molecular flexibility index (Phi) is 3.87. The maximum atomic E-state index is 12.5. The molecule has 1 aromatic carbocycles. The first-order valence-electron chi connectivity index (χ1n) is 7.76. The Morgan fingerprint density at radius 2 is 2.00 bits per heavy atom. The fraction of sp³-hybridized carbons (Fsp3) is 0.562. The fourth-order valence-corrected chi connectivity index (χ4v) is 3.66. The number of likely N-dealkylation sites (tertiary alicyclic amines) is 1. The number of nitrogens with zero attached hydrogens (tertiary/aromatic N) is 2. The number of benzene rings is 1. The molecule has 1 N–H and O–H groups in total. The van der Waals surface area contributed by atoms with E-state index in [1.54, 1.807) is 4.90 Å². The van der Waals surface area contributed by atoms with Crippen molar-refractivity contribution in [3.05, 3.63) is 39.9 Å². The second kappa shape index (κ2) is 5.68. The van der Waals surface area contributed by atoms with E-state index in [2.05, 4.69) is 0 Å². The van der Waals surface area contributed by atoms with Gasteiger partial charge in [-0.15, -0.1) is 0 Å². The molecule has 1 saturated heterocycles. The van der Waals surface area contributed by atoms with Crippen molar-refractivity contribution >= 4 is 11.6 Å². The molecule has 0 unspecified atom stereocenters. The van der Waals surface area contributed by atoms with Crippen molar-refractivity contribution < 1.29 is 14.8 Å². The third-order valence-electron chi connectivity index (χ3n) is 5.04. The van der Waals surface area contributed by atoms with Gasteiger partial charge >= 0.3 is 0 Å². The number of hydrogen-bond donors (Lipinski definition) is 1. The lowest BCUT2D eigenvalue weighted by Gasteiger charge is -2.47. The molecule has 2 aliphatic rings. The van der Waals surface area contributed by atoms with Crippen LogP contribution in [-0.2, 0) is 0 Å². The number of carbonyl (C=O) groups excluding carboxylic acids is 1. The van der Waals surface area contributed by atoms with Gasteiger partial charge in [0.1, 0.15) is 0 Å². The molecule has 1 aliphatic heterocycles. The number of piperidine rings is 1. The molecule has 1 heterocycles. The maximum Gasteiger partial charge on any atom is 0.269 e. The molecule has 1 amide bonds. The van der Waals surface area contributed by atoms with E-state index < -0.39 is 10.5 Å². The first-order valence-corrected chi connectivity index (χ1v) is 7.76. The summed E-state index contributed by atoms with van der Waals surface area (Å²) in [5.41, 5.74) is -0.159. The van der Waals surface area contributed by atoms with E-state index in [4.69, 9.17) is 0 Å². The van der Waals surface area contributed by atoms with Crippen LogP contribution in [0.1, 0.15) is 42.5 Å². The average Bonchev–Trinajstić information content (AvgIpc) is 2.53. The molecule has 6 nitrogen and oxygen atoms in total. The van der Waals surface area contributed by atoms with Crippen molar-refractivity contribution in [3.63, 3.8) is 0 Å². The minimum Gasteiger partial charge on any atom is -0.389 e. The molecule has 0 bridgehead atoms. The number of aliphatic hydroxyl groups is 1. The quantitative estimate of drug-likeness (QED) is 0.671. The molecular weight excluding hydrogens is 284 g/mol. The highest BCUT2D eigenvalue weighted by Crippen LogP contribution is 2.40. The highest BCUT2D eigenvalue weighted by molar-refractivity contribution is 5.94. The van der Waals surface area contributed by atoms with Crippen LogP contribution in [0.4, 0.5) is 5.69 Å². The summed E-state index contributed by atoms with van der Waals surface area (Å²) >= 11 is 0. The Labute approximate surface area is 128 Å². The predicted octanol–water partition coefficient (Wildman–Crippen LogP) is 2.36. The molecule has 2 atom stereocenters. The molecule has 1 saturated carbocycles. The molecule has 1 aliphatic carbocycles. The third kappa shape index (κ3) is 2.70. The minimum absolute atomic E-state index is 0.0168. The summed E-state index contributed by atoms with van der Waals surface area (Å²) in [6, 6.07) is 5.71. The Morgan fingerprint density at radius 1 is 1.27 bits per heavy atom. The van der Waals surface area contributed by atoms with E-state index >= 15 is 0 Å². The van der Waals surface area contributed by atoms with Gasteiger partial charge in [-0.2, -0.15) is 0 Å². The Morgan fingerprint density at radius 3 is 2.68 bits per heavy atom. The monoisotopic (exact) mass is 304 g/mol. The number of rotatable bonds is 2. The van der Waals surface area contributed by atoms with Crippen LogP contribution in [0.5, 0.6) is 0 Å². The van der Waals surface area contributed by atoms with Gasteiger partial charge in [-0.3, -0.25) is 14.9 Å². The van der Waals surface area contributed by atoms with Gasteiger partial charge in [0, 0.05) is 36.7 Å². The standard InChI is InChI=1S/C16H20N2O4/c19-15(12-4-6-14(7-5-12)18(21)22)17-10-9-16(20)8-2-1-3-13(16)11-17/h4-7,13,20H,1-3,8-11H2/t13-,16+/m1/s1. The lowest BCUT2D eigenvalue weighted by Crippen LogP contribution is -2.54. The Bertz CT molecular complexity index is 586. The van der Waals surface area contributed by atoms with Crippen molar-refractivity contribution in [2.24, 2.45) is 5.92 Å². The number of hydrogen-bond acceptors (Lipinski definition) is 4. The molecule has 0 radical (unpaired) electrons. The highest BCUT2D eigenvalue weighted by Gasteiger charge is 2.43. The zero-order valence-corrected chi connectivity index (χ0v) is 12.4. The summed E-state index contributed by atoms with van der Waals surface area (Å²) in [5.74, 6) is 0.0412. The van der Waals surface area contributed by atoms with Gasteiger partial charge in [-0.25, -0.2) is 0 Å². The normalized spacial score (nSPS) is 28.0. The second-order valence-electron chi connectivity index (χ2n) is 6.35. The minimum atomic E-state index is -0.607. The van der Waals surface area contributed by atoms with E-state index in [1.807, 2.05) is 0 Å². The van der Waals surface area contributed by atoms with Crippen molar-refractivity contribution in [1.82, 2.24) is 4.90 Å². The SMILES string of the molecule is O=C(c1ccc([N+](=O)[O-])cc1)N1CC[C@@]2(O)CCCC[C@@H]2C1. The second-order valence-corrected chi connectivity index (χ2v) is 6.35. The van der Waals surface area contributed by atoms with Gasteiger partial charge < -0.3 is 10.0 Å². The molecule has 22 heavy (non-hydrogen) atoms. The van der Waals surface area contributed by atoms with Crippen LogP contribution in [0, 0.1) is 16.0 Å². The highest BCUT2D eigenvalue weighted by atomic mass is 16.6. The van der Waals surface area contributed by atoms with Crippen molar-refractivity contribution in [2.45, 2.75) is 37.7 Å². The summed E-state index contributed by atoms with van der Waals surface area (Å²) in [4.78, 5) is 24.5. The lowest BCUT2D eigenvalue weighted by atomic mass is 9.71. The summed E-state index contributed by atoms with van der Waals surface area (Å²) in [7, 11) is 0. The van der Waals surface area contributed by atoms with Gasteiger partial charge in [0.15, 0.2) is 0 Å². The number of nitro groups is 1. The first kappa shape index (κ1) is 15.0. The molecule has 1 aromatic rings. The van der Waals surface area contributed by atoms with Crippen molar-refractivity contribution in [1.29, 1.82) is 0 Å². The smallest absolute Gasteiger partial charge is 0.269 e. The van der Waals surface area contributed by atoms with Crippen LogP contribution < -0.4 is 0 Å². The number of nitro benzene ring substituents is 1. The Balaban J connectivity index is 1.71. The first-order chi connectivity index (χ1) is 10.5. The molecule has 6 heteroatoms. The van der Waals surface area contributed by atoms with Crippen LogP contribution in [0.15, 0.2) is 24.3 Å². The van der Waals surface area contributed by atoms with E-state index in [-0.39, 0.29) is 17.5 Å². The van der Waals surface area contributed by atoms with Gasteiger partial charge in [-0.05, 0) is 31.4 Å². The van der Waals surface area contributed by atoms with E-state index in [0.717, 1.165) is 25.7 Å². The zero-order valence-electron chi connectivity index (χ0n) is 12.4. The predicted molar refractivity (Wildman–Crippen MR) is 80.5 cm³/mol. The number of carbonyl (C=O) groups is 1. The summed E-state index contributed by atoms with van der Waals surface area (Å²) in [6.45, 7) is 1.12. The molecule has 118 valence electrons. The third-order valence-corrected chi connectivity index (χ3v) is 5.04. The van der Waals surface area contributed by atoms with E-state index in [9.17, 15) is 20.0 Å². The van der Waals surface area contributed by atoms with E-state index in [0.29, 0.717) is 25.1 Å². The van der Waals surface area contributed by atoms with Crippen LogP contribution in [0.25, 0.3) is 0 Å². The van der Waals surface area contributed by atoms with Gasteiger partial charge in [0.05, 0.1) is 10.5 Å². The topological polar surface area (TPSA) is 83.7 Å². The maximum absolute atomic E-state index is 12.5. The van der Waals surface area contributed by atoms with Crippen molar-refractivity contribution in [3.8, 4) is 0 Å². The zero-order chi connectivity index (χ0) is 15.7. The van der Waals surface area contributed by atoms with Crippen molar-refractivity contribution in [2.75, 3.05) is 13.1 Å². The molecule has 3 rings (SSSR count).